The van der Waals surface area contributed by atoms with Crippen LogP contribution in [0.1, 0.15) is 20.3 Å². The van der Waals surface area contributed by atoms with Crippen LogP contribution in [0.2, 0.25) is 0 Å². The van der Waals surface area contributed by atoms with E-state index in [2.05, 4.69) is 10.6 Å². The molecule has 1 unspecified atom stereocenters. The maximum Gasteiger partial charge on any atom is 0.364 e. The molecule has 0 aliphatic carbocycles. The molecule has 3 saturated heterocycles. The Morgan fingerprint density at radius 2 is 1.48 bits per heavy atom. The third-order valence-corrected chi connectivity index (χ3v) is 7.87. The second-order valence-corrected chi connectivity index (χ2v) is 11.3. The minimum atomic E-state index is -2.86. The van der Waals surface area contributed by atoms with E-state index in [1.165, 1.54) is 0 Å². The number of hydrogen-bond donors (Lipinski definition) is 13. The van der Waals surface area contributed by atoms with Crippen LogP contribution in [-0.2, 0) is 38.1 Å². The summed E-state index contributed by atoms with van der Waals surface area (Å²) < 4.78 is 27.5. The highest BCUT2D eigenvalue weighted by Crippen LogP contribution is 2.35. The minimum absolute atomic E-state index is 0.729. The molecule has 3 aliphatic rings. The first-order valence-electron chi connectivity index (χ1n) is 14.2. The maximum absolute atomic E-state index is 12.5. The van der Waals surface area contributed by atoms with Crippen molar-refractivity contribution in [2.45, 2.75) is 118 Å². The number of ether oxygens (including phenoxy) is 5. The lowest BCUT2D eigenvalue weighted by molar-refractivity contribution is -0.357. The van der Waals surface area contributed by atoms with Crippen molar-refractivity contribution in [3.05, 3.63) is 0 Å². The van der Waals surface area contributed by atoms with Crippen molar-refractivity contribution >= 4 is 17.8 Å². The van der Waals surface area contributed by atoms with Gasteiger partial charge in [-0.15, -0.1) is 0 Å². The van der Waals surface area contributed by atoms with Gasteiger partial charge in [0.1, 0.15) is 67.1 Å². The molecule has 0 bridgehead atoms. The molecule has 3 heterocycles. The van der Waals surface area contributed by atoms with Crippen LogP contribution in [0, 0.1) is 0 Å². The van der Waals surface area contributed by atoms with E-state index in [1.54, 1.807) is 0 Å². The number of nitrogens with one attached hydrogen (secondary N) is 2. The fourth-order valence-electron chi connectivity index (χ4n) is 5.46. The zero-order valence-corrected chi connectivity index (χ0v) is 24.7. The van der Waals surface area contributed by atoms with E-state index >= 15 is 0 Å². The second-order valence-electron chi connectivity index (χ2n) is 11.3. The Balaban J connectivity index is 1.93. The first kappa shape index (κ1) is 38.3. The van der Waals surface area contributed by atoms with Gasteiger partial charge in [-0.3, -0.25) is 9.59 Å². The molecule has 0 aromatic heterocycles. The molecule has 0 aromatic carbocycles. The molecule has 2 amide bonds. The highest BCUT2D eigenvalue weighted by molar-refractivity contribution is 5.76. The fourth-order valence-corrected chi connectivity index (χ4v) is 5.46. The van der Waals surface area contributed by atoms with E-state index in [9.17, 15) is 70.6 Å². The van der Waals surface area contributed by atoms with Gasteiger partial charge in [0, 0.05) is 20.3 Å². The van der Waals surface area contributed by atoms with E-state index in [1.807, 2.05) is 0 Å². The normalized spacial score (nSPS) is 42.9. The monoisotopic (exact) mass is 674 g/mol. The van der Waals surface area contributed by atoms with Crippen LogP contribution in [0.5, 0.6) is 0 Å². The predicted octanol–water partition coefficient (Wildman–Crippen LogP) is -8.08. The average molecular weight is 675 g/mol. The van der Waals surface area contributed by atoms with Crippen molar-refractivity contribution in [3.8, 4) is 0 Å². The van der Waals surface area contributed by atoms with Crippen molar-refractivity contribution in [1.29, 1.82) is 0 Å². The number of aliphatic carboxylic acids is 1. The van der Waals surface area contributed by atoms with Crippen LogP contribution >= 0.6 is 0 Å². The molecule has 46 heavy (non-hydrogen) atoms. The van der Waals surface area contributed by atoms with Crippen molar-refractivity contribution in [2.75, 3.05) is 19.8 Å². The van der Waals surface area contributed by atoms with E-state index < -0.39 is 142 Å². The number of hydrogen-bond acceptors (Lipinski definition) is 18. The molecule has 0 aromatic rings. The number of aliphatic hydroxyl groups is 10. The SMILES string of the molecule is CC(=O)N[C@H]1[C@H]([C@H](O)[C@H](O)CO)O[C@@](OC[C@H]2OC(O)[C@H](NC(C)=O)[C@@H](O)[C@@H]2O[C@@H]2O[C@H](CO)[C@H](O)[C@H](O)[C@H]2O)(C(=O)O)C[C@@H]1O. The molecule has 266 valence electrons. The topological polar surface area (TPSA) is 344 Å². The molecular weight excluding hydrogens is 632 g/mol. The predicted molar refractivity (Wildman–Crippen MR) is 142 cm³/mol. The van der Waals surface area contributed by atoms with E-state index in [0.717, 1.165) is 13.8 Å². The highest BCUT2D eigenvalue weighted by atomic mass is 16.7. The minimum Gasteiger partial charge on any atom is -0.477 e. The number of carbonyl (C=O) groups is 3. The van der Waals surface area contributed by atoms with Crippen LogP contribution in [0.15, 0.2) is 0 Å². The number of amides is 2. The van der Waals surface area contributed by atoms with Gasteiger partial charge in [0.15, 0.2) is 12.6 Å². The number of aliphatic hydroxyl groups excluding tert-OH is 10. The lowest BCUT2D eigenvalue weighted by Gasteiger charge is -2.48. The van der Waals surface area contributed by atoms with Gasteiger partial charge in [0.25, 0.3) is 5.79 Å². The van der Waals surface area contributed by atoms with E-state index in [0.29, 0.717) is 0 Å². The largest absolute Gasteiger partial charge is 0.477 e. The Hall–Kier alpha value is -2.19. The third-order valence-electron chi connectivity index (χ3n) is 7.87. The summed E-state index contributed by atoms with van der Waals surface area (Å²) in [5, 5.41) is 117. The smallest absolute Gasteiger partial charge is 0.364 e. The van der Waals surface area contributed by atoms with Gasteiger partial charge in [-0.25, -0.2) is 4.79 Å². The molecule has 3 fully saturated rings. The molecule has 13 N–H and O–H groups in total. The molecule has 0 spiro atoms. The summed E-state index contributed by atoms with van der Waals surface area (Å²) >= 11 is 0. The number of carboxylic acid groups (broad SMARTS) is 1. The Labute approximate surface area is 260 Å². The standard InChI is InChI=1S/C25H42N2O19/c1-7(30)26-13-9(32)3-25(24(40)41,46-21(13)15(34)10(33)4-28)42-6-12-20(17(36)14(22(39)43-12)27-8(2)31)45-23-19(38)18(37)16(35)11(5-29)44-23/h9-23,28-29,32-39H,3-6H2,1-2H3,(H,26,30)(H,27,31)(H,40,41)/t9-,10+,11+,12+,13+,14+,15+,16-,17+,18-,19+,20+,21+,22?,23-,25+/m0/s1. The van der Waals surface area contributed by atoms with E-state index in [4.69, 9.17) is 23.7 Å². The number of rotatable bonds is 12. The zero-order chi connectivity index (χ0) is 34.7. The van der Waals surface area contributed by atoms with Gasteiger partial charge in [-0.2, -0.15) is 0 Å². The Morgan fingerprint density at radius 1 is 0.870 bits per heavy atom. The quantitative estimate of drug-likeness (QED) is 0.0913. The van der Waals surface area contributed by atoms with Crippen molar-refractivity contribution < 1.29 is 94.2 Å². The van der Waals surface area contributed by atoms with Gasteiger partial charge in [0.05, 0.1) is 32.0 Å². The highest BCUT2D eigenvalue weighted by Gasteiger charge is 2.57. The summed E-state index contributed by atoms with van der Waals surface area (Å²) in [6, 6.07) is -3.08. The van der Waals surface area contributed by atoms with Crippen LogP contribution in [0.3, 0.4) is 0 Å². The Bertz CT molecular complexity index is 1050. The van der Waals surface area contributed by atoms with Crippen LogP contribution in [0.4, 0.5) is 0 Å². The summed E-state index contributed by atoms with van der Waals surface area (Å²) in [5.41, 5.74) is 0. The van der Waals surface area contributed by atoms with Gasteiger partial charge in [-0.05, 0) is 0 Å². The third kappa shape index (κ3) is 8.26. The maximum atomic E-state index is 12.5. The van der Waals surface area contributed by atoms with Crippen molar-refractivity contribution in [1.82, 2.24) is 10.6 Å². The molecule has 21 heteroatoms. The summed E-state index contributed by atoms with van der Waals surface area (Å²) in [6.07, 6.45) is -25.0. The summed E-state index contributed by atoms with van der Waals surface area (Å²) in [7, 11) is 0. The summed E-state index contributed by atoms with van der Waals surface area (Å²) in [6.45, 7) is -0.736. The summed E-state index contributed by atoms with van der Waals surface area (Å²) in [5.74, 6) is -6.21. The van der Waals surface area contributed by atoms with Crippen molar-refractivity contribution in [3.63, 3.8) is 0 Å². The van der Waals surface area contributed by atoms with E-state index in [-0.39, 0.29) is 0 Å². The number of carbonyl (C=O) groups excluding carboxylic acids is 2. The Morgan fingerprint density at radius 3 is 2.02 bits per heavy atom. The second kappa shape index (κ2) is 15.8. The molecule has 0 saturated carbocycles. The molecule has 16 atom stereocenters. The van der Waals surface area contributed by atoms with Crippen molar-refractivity contribution in [2.24, 2.45) is 0 Å². The fraction of sp³-hybridized carbons (Fsp3) is 0.880. The Kier molecular flexibility index (Phi) is 13.1. The lowest BCUT2D eigenvalue weighted by atomic mass is 9.88. The number of carboxylic acids is 1. The van der Waals surface area contributed by atoms with Gasteiger partial charge in [0.2, 0.25) is 11.8 Å². The first-order valence-corrected chi connectivity index (χ1v) is 14.2. The van der Waals surface area contributed by atoms with Gasteiger partial charge in [-0.1, -0.05) is 0 Å². The lowest BCUT2D eigenvalue weighted by Crippen LogP contribution is -2.69. The van der Waals surface area contributed by atoms with Crippen LogP contribution in [-0.4, -0.2) is 191 Å². The van der Waals surface area contributed by atoms with Crippen LogP contribution in [0.25, 0.3) is 0 Å². The molecule has 3 aliphatic heterocycles. The first-order chi connectivity index (χ1) is 21.5. The summed E-state index contributed by atoms with van der Waals surface area (Å²) in [4.78, 5) is 36.0. The van der Waals surface area contributed by atoms with Gasteiger partial charge >= 0.3 is 5.97 Å². The molecule has 21 nitrogen and oxygen atoms in total. The van der Waals surface area contributed by atoms with Gasteiger partial charge < -0.3 is 90.5 Å². The average Bonchev–Trinajstić information content (AvgIpc) is 2.99. The molecule has 0 radical (unpaired) electrons. The zero-order valence-electron chi connectivity index (χ0n) is 24.7. The molecule has 3 rings (SSSR count). The van der Waals surface area contributed by atoms with Crippen LogP contribution < -0.4 is 10.6 Å². The molecular formula is C25H42N2O19.